The highest BCUT2D eigenvalue weighted by Gasteiger charge is 2.23. The van der Waals surface area contributed by atoms with Crippen molar-refractivity contribution in [3.63, 3.8) is 0 Å². The number of piperidine rings is 1. The van der Waals surface area contributed by atoms with Crippen molar-refractivity contribution in [1.29, 1.82) is 0 Å². The molecule has 0 saturated carbocycles. The first-order valence-corrected chi connectivity index (χ1v) is 9.14. The zero-order chi connectivity index (χ0) is 17.5. The van der Waals surface area contributed by atoms with Gasteiger partial charge in [-0.05, 0) is 31.4 Å². The minimum Gasteiger partial charge on any atom is -0.396 e. The number of aliphatic hydroxyl groups is 1. The maximum Gasteiger partial charge on any atom is 0.317 e. The first-order valence-electron chi connectivity index (χ1n) is 9.14. The average molecular weight is 348 g/mol. The van der Waals surface area contributed by atoms with Crippen molar-refractivity contribution >= 4 is 12.0 Å². The van der Waals surface area contributed by atoms with E-state index in [0.717, 1.165) is 51.5 Å². The van der Waals surface area contributed by atoms with Crippen LogP contribution in [-0.2, 0) is 0 Å². The monoisotopic (exact) mass is 348 g/mol. The Morgan fingerprint density at radius 3 is 2.68 bits per heavy atom. The molecule has 25 heavy (non-hydrogen) atoms. The molecule has 3 heterocycles. The van der Waals surface area contributed by atoms with Gasteiger partial charge in [-0.3, -0.25) is 0 Å². The van der Waals surface area contributed by atoms with Gasteiger partial charge in [0, 0.05) is 64.8 Å². The summed E-state index contributed by atoms with van der Waals surface area (Å²) in [4.78, 5) is 27.1. The van der Waals surface area contributed by atoms with Gasteiger partial charge in [0.25, 0.3) is 0 Å². The molecule has 2 aliphatic heterocycles. The summed E-state index contributed by atoms with van der Waals surface area (Å²) < 4.78 is 0. The van der Waals surface area contributed by atoms with Crippen LogP contribution >= 0.6 is 0 Å². The molecular formula is C17H28N6O2. The highest BCUT2D eigenvalue weighted by Crippen LogP contribution is 2.15. The molecule has 0 aromatic carbocycles. The molecule has 8 heteroatoms. The lowest BCUT2D eigenvalue weighted by atomic mass is 9.99. The van der Waals surface area contributed by atoms with E-state index in [9.17, 15) is 9.90 Å². The molecule has 0 spiro atoms. The lowest BCUT2D eigenvalue weighted by molar-refractivity contribution is 0.120. The van der Waals surface area contributed by atoms with Crippen LogP contribution in [0.4, 0.5) is 10.7 Å². The number of anilines is 1. The second-order valence-corrected chi connectivity index (χ2v) is 6.75. The third kappa shape index (κ3) is 5.02. The molecule has 2 amide bonds. The van der Waals surface area contributed by atoms with E-state index in [4.69, 9.17) is 0 Å². The first-order chi connectivity index (χ1) is 12.3. The summed E-state index contributed by atoms with van der Waals surface area (Å²) in [6.07, 6.45) is 5.71. The Balaban J connectivity index is 1.35. The van der Waals surface area contributed by atoms with Crippen molar-refractivity contribution in [2.24, 2.45) is 5.92 Å². The Morgan fingerprint density at radius 1 is 1.20 bits per heavy atom. The second kappa shape index (κ2) is 8.96. The summed E-state index contributed by atoms with van der Waals surface area (Å²) in [5.41, 5.74) is 0. The topological polar surface area (TPSA) is 84.8 Å². The fourth-order valence-electron chi connectivity index (χ4n) is 3.50. The zero-order valence-electron chi connectivity index (χ0n) is 14.7. The summed E-state index contributed by atoms with van der Waals surface area (Å²) in [7, 11) is 0. The number of urea groups is 1. The van der Waals surface area contributed by atoms with Crippen LogP contribution in [0.2, 0.25) is 0 Å². The maximum absolute atomic E-state index is 12.3. The smallest absolute Gasteiger partial charge is 0.317 e. The molecular weight excluding hydrogens is 320 g/mol. The Morgan fingerprint density at radius 2 is 1.96 bits per heavy atom. The fraction of sp³-hybridized carbons (Fsp3) is 0.706. The SMILES string of the molecule is O=C(NCCN1CCC[C@H](CO)C1)N1CCN(c2ncccn2)CC1. The van der Waals surface area contributed by atoms with Crippen LogP contribution < -0.4 is 10.2 Å². The molecule has 1 aromatic rings. The van der Waals surface area contributed by atoms with Crippen LogP contribution in [0.15, 0.2) is 18.5 Å². The lowest BCUT2D eigenvalue weighted by Gasteiger charge is -2.35. The van der Waals surface area contributed by atoms with Gasteiger partial charge in [0.1, 0.15) is 0 Å². The van der Waals surface area contributed by atoms with Gasteiger partial charge in [0.2, 0.25) is 5.95 Å². The third-order valence-corrected chi connectivity index (χ3v) is 4.97. The van der Waals surface area contributed by atoms with Crippen molar-refractivity contribution in [1.82, 2.24) is 25.1 Å². The number of carbonyl (C=O) groups excluding carboxylic acids is 1. The van der Waals surface area contributed by atoms with E-state index in [1.807, 2.05) is 4.90 Å². The highest BCUT2D eigenvalue weighted by atomic mass is 16.3. The molecule has 0 unspecified atom stereocenters. The molecule has 8 nitrogen and oxygen atoms in total. The predicted molar refractivity (Wildman–Crippen MR) is 95.5 cm³/mol. The van der Waals surface area contributed by atoms with Crippen LogP contribution in [0.1, 0.15) is 12.8 Å². The normalized spacial score (nSPS) is 22.0. The standard InChI is InChI=1S/C17H28N6O2/c24-14-15-3-1-7-21(13-15)8-6-20-17(25)23-11-9-22(10-12-23)16-18-4-2-5-19-16/h2,4-5,15,24H,1,3,6-14H2,(H,20,25)/t15-/m0/s1. The Kier molecular flexibility index (Phi) is 6.41. The molecule has 1 atom stereocenters. The number of carbonyl (C=O) groups is 1. The second-order valence-electron chi connectivity index (χ2n) is 6.75. The zero-order valence-corrected chi connectivity index (χ0v) is 14.7. The Hall–Kier alpha value is -1.93. The van der Waals surface area contributed by atoms with E-state index in [0.29, 0.717) is 25.6 Å². The van der Waals surface area contributed by atoms with E-state index >= 15 is 0 Å². The summed E-state index contributed by atoms with van der Waals surface area (Å²) in [6, 6.07) is 1.81. The van der Waals surface area contributed by atoms with E-state index in [1.54, 1.807) is 18.5 Å². The largest absolute Gasteiger partial charge is 0.396 e. The average Bonchev–Trinajstić information content (AvgIpc) is 2.69. The molecule has 1 aromatic heterocycles. The summed E-state index contributed by atoms with van der Waals surface area (Å²) in [5.74, 6) is 1.11. The molecule has 138 valence electrons. The van der Waals surface area contributed by atoms with Gasteiger partial charge in [0.05, 0.1) is 0 Å². The predicted octanol–water partition coefficient (Wildman–Crippen LogP) is 0.0125. The quantitative estimate of drug-likeness (QED) is 0.780. The van der Waals surface area contributed by atoms with Crippen molar-refractivity contribution in [2.45, 2.75) is 12.8 Å². The number of piperazine rings is 1. The lowest BCUT2D eigenvalue weighted by Crippen LogP contribution is -2.53. The van der Waals surface area contributed by atoms with E-state index < -0.39 is 0 Å². The number of hydrogen-bond acceptors (Lipinski definition) is 6. The molecule has 2 saturated heterocycles. The molecule has 0 radical (unpaired) electrons. The van der Waals surface area contributed by atoms with Crippen LogP contribution in [0.5, 0.6) is 0 Å². The van der Waals surface area contributed by atoms with Crippen molar-refractivity contribution in [3.8, 4) is 0 Å². The van der Waals surface area contributed by atoms with Gasteiger partial charge in [-0.25, -0.2) is 14.8 Å². The van der Waals surface area contributed by atoms with Crippen LogP contribution in [0, 0.1) is 5.92 Å². The molecule has 0 bridgehead atoms. The van der Waals surface area contributed by atoms with Gasteiger partial charge < -0.3 is 25.1 Å². The Labute approximate surface area is 148 Å². The molecule has 2 N–H and O–H groups in total. The van der Waals surface area contributed by atoms with E-state index in [2.05, 4.69) is 25.1 Å². The number of amides is 2. The van der Waals surface area contributed by atoms with Crippen molar-refractivity contribution in [3.05, 3.63) is 18.5 Å². The number of nitrogens with one attached hydrogen (secondary N) is 1. The van der Waals surface area contributed by atoms with E-state index in [-0.39, 0.29) is 12.6 Å². The van der Waals surface area contributed by atoms with E-state index in [1.165, 1.54) is 0 Å². The highest BCUT2D eigenvalue weighted by molar-refractivity contribution is 5.74. The third-order valence-electron chi connectivity index (χ3n) is 4.97. The number of aliphatic hydroxyl groups excluding tert-OH is 1. The number of likely N-dealkylation sites (tertiary alicyclic amines) is 1. The van der Waals surface area contributed by atoms with Crippen LogP contribution in [0.3, 0.4) is 0 Å². The number of aromatic nitrogens is 2. The molecule has 2 fully saturated rings. The van der Waals surface area contributed by atoms with Gasteiger partial charge >= 0.3 is 6.03 Å². The number of rotatable bonds is 5. The number of hydrogen-bond donors (Lipinski definition) is 2. The molecule has 0 aliphatic carbocycles. The number of nitrogens with zero attached hydrogens (tertiary/aromatic N) is 5. The maximum atomic E-state index is 12.3. The van der Waals surface area contributed by atoms with Crippen LogP contribution in [-0.4, -0.2) is 89.9 Å². The van der Waals surface area contributed by atoms with Crippen molar-refractivity contribution in [2.75, 3.05) is 63.9 Å². The van der Waals surface area contributed by atoms with Gasteiger partial charge in [-0.2, -0.15) is 0 Å². The fourth-order valence-corrected chi connectivity index (χ4v) is 3.50. The minimum atomic E-state index is 0.00403. The minimum absolute atomic E-state index is 0.00403. The Bertz CT molecular complexity index is 535. The summed E-state index contributed by atoms with van der Waals surface area (Å²) in [5, 5.41) is 12.3. The van der Waals surface area contributed by atoms with Gasteiger partial charge in [-0.1, -0.05) is 0 Å². The van der Waals surface area contributed by atoms with Crippen molar-refractivity contribution < 1.29 is 9.90 Å². The summed E-state index contributed by atoms with van der Waals surface area (Å²) in [6.45, 7) is 6.62. The van der Waals surface area contributed by atoms with Gasteiger partial charge in [0.15, 0.2) is 0 Å². The molecule has 2 aliphatic rings. The summed E-state index contributed by atoms with van der Waals surface area (Å²) >= 11 is 0. The first kappa shape index (κ1) is 17.9. The van der Waals surface area contributed by atoms with Gasteiger partial charge in [-0.15, -0.1) is 0 Å². The van der Waals surface area contributed by atoms with Crippen LogP contribution in [0.25, 0.3) is 0 Å². The molecule has 3 rings (SSSR count).